The van der Waals surface area contributed by atoms with Crippen LogP contribution < -0.4 is 20.7 Å². The van der Waals surface area contributed by atoms with Gasteiger partial charge in [0.2, 0.25) is 5.91 Å². The largest absolute Gasteiger partial charge is 0.489 e. The molecule has 0 spiro atoms. The molecule has 0 bridgehead atoms. The van der Waals surface area contributed by atoms with Crippen molar-refractivity contribution in [2.24, 2.45) is 0 Å². The van der Waals surface area contributed by atoms with Crippen LogP contribution in [0.15, 0.2) is 61.2 Å². The van der Waals surface area contributed by atoms with E-state index in [9.17, 15) is 14.4 Å². The summed E-state index contributed by atoms with van der Waals surface area (Å²) < 4.78 is 11.7. The van der Waals surface area contributed by atoms with Gasteiger partial charge in [-0.1, -0.05) is 18.7 Å². The zero-order chi connectivity index (χ0) is 26.4. The van der Waals surface area contributed by atoms with E-state index in [4.69, 9.17) is 9.47 Å². The van der Waals surface area contributed by atoms with E-state index in [1.165, 1.54) is 17.4 Å². The number of amides is 2. The highest BCUT2D eigenvalue weighted by Gasteiger charge is 2.23. The molecule has 3 aromatic rings. The highest BCUT2D eigenvalue weighted by molar-refractivity contribution is 7.21. The van der Waals surface area contributed by atoms with Crippen LogP contribution in [0.1, 0.15) is 32.5 Å². The molecule has 0 radical (unpaired) electrons. The third-order valence-electron chi connectivity index (χ3n) is 5.80. The van der Waals surface area contributed by atoms with Crippen molar-refractivity contribution in [3.05, 3.63) is 77.2 Å². The summed E-state index contributed by atoms with van der Waals surface area (Å²) in [5.74, 6) is -0.0493. The molecule has 2 amide bonds. The lowest BCUT2D eigenvalue weighted by atomic mass is 10.1. The van der Waals surface area contributed by atoms with E-state index in [-0.39, 0.29) is 23.6 Å². The van der Waals surface area contributed by atoms with Crippen LogP contribution in [0.5, 0.6) is 5.75 Å². The maximum atomic E-state index is 12.9. The minimum Gasteiger partial charge on any atom is -0.489 e. The van der Waals surface area contributed by atoms with E-state index in [0.717, 1.165) is 21.3 Å². The summed E-state index contributed by atoms with van der Waals surface area (Å²) in [4.78, 5) is 37.9. The average molecular weight is 520 g/mol. The minimum atomic E-state index is -0.345. The molecule has 1 aliphatic heterocycles. The summed E-state index contributed by atoms with van der Waals surface area (Å²) in [6.07, 6.45) is 5.00. The first kappa shape index (κ1) is 26.1. The molecule has 1 aliphatic rings. The van der Waals surface area contributed by atoms with E-state index in [0.29, 0.717) is 48.1 Å². The molecule has 8 nitrogen and oxygen atoms in total. The van der Waals surface area contributed by atoms with Crippen molar-refractivity contribution >= 4 is 50.4 Å². The van der Waals surface area contributed by atoms with Gasteiger partial charge in [0, 0.05) is 35.3 Å². The number of methoxy groups -OCH3 is 1. The van der Waals surface area contributed by atoms with Crippen LogP contribution in [0.25, 0.3) is 10.1 Å². The Balaban J connectivity index is 1.49. The second-order valence-electron chi connectivity index (χ2n) is 8.61. The highest BCUT2D eigenvalue weighted by atomic mass is 32.1. The number of carbonyl (C=O) groups excluding carboxylic acids is 3. The predicted molar refractivity (Wildman–Crippen MR) is 147 cm³/mol. The molecule has 2 aromatic carbocycles. The minimum absolute atomic E-state index is 0.0199. The molecule has 0 saturated heterocycles. The van der Waals surface area contributed by atoms with E-state index in [2.05, 4.69) is 22.5 Å². The molecule has 0 fully saturated rings. The second kappa shape index (κ2) is 11.9. The number of carbonyl (C=O) groups is 3. The van der Waals surface area contributed by atoms with Gasteiger partial charge < -0.3 is 25.4 Å². The standard InChI is InChI=1S/C28H29N3O5S/c1-4-25(33)31-21-14-18(8-10-23(21)36-13-12-35-3)6-5-7-22(32)19-9-11-24-20(15-19)26-27(37-24)28(34)30-17(2)16-29-26/h4-5,7-11,14-15,17,29H,1,6,12-13,16H2,2-3H3,(H,30,34)(H,31,33). The number of fused-ring (bicyclic) bond motifs is 3. The predicted octanol–water partition coefficient (Wildman–Crippen LogP) is 4.58. The average Bonchev–Trinajstić information content (AvgIpc) is 3.19. The monoisotopic (exact) mass is 519 g/mol. The number of anilines is 2. The van der Waals surface area contributed by atoms with Crippen molar-refractivity contribution in [3.8, 4) is 5.75 Å². The number of nitrogens with one attached hydrogen (secondary N) is 3. The van der Waals surface area contributed by atoms with E-state index < -0.39 is 0 Å². The van der Waals surface area contributed by atoms with Crippen LogP contribution in [-0.2, 0) is 16.0 Å². The van der Waals surface area contributed by atoms with Gasteiger partial charge in [0.05, 0.1) is 18.0 Å². The summed E-state index contributed by atoms with van der Waals surface area (Å²) >= 11 is 1.42. The summed E-state index contributed by atoms with van der Waals surface area (Å²) in [5, 5.41) is 9.94. The van der Waals surface area contributed by atoms with Gasteiger partial charge in [-0.2, -0.15) is 0 Å². The van der Waals surface area contributed by atoms with Crippen molar-refractivity contribution in [2.45, 2.75) is 19.4 Å². The van der Waals surface area contributed by atoms with E-state index in [1.54, 1.807) is 31.4 Å². The zero-order valence-corrected chi connectivity index (χ0v) is 21.6. The topological polar surface area (TPSA) is 106 Å². The number of thiophene rings is 1. The molecule has 2 heterocycles. The number of ketones is 1. The second-order valence-corrected chi connectivity index (χ2v) is 9.66. The fourth-order valence-corrected chi connectivity index (χ4v) is 4.99. The number of ether oxygens (including phenoxy) is 2. The molecule has 192 valence electrons. The molecule has 1 atom stereocenters. The molecular formula is C28H29N3O5S. The quantitative estimate of drug-likeness (QED) is 0.206. The van der Waals surface area contributed by atoms with Crippen LogP contribution in [0.2, 0.25) is 0 Å². The van der Waals surface area contributed by atoms with Crippen molar-refractivity contribution in [3.63, 3.8) is 0 Å². The third-order valence-corrected chi connectivity index (χ3v) is 6.97. The Morgan fingerprint density at radius 1 is 1.22 bits per heavy atom. The highest BCUT2D eigenvalue weighted by Crippen LogP contribution is 2.37. The maximum absolute atomic E-state index is 12.9. The summed E-state index contributed by atoms with van der Waals surface area (Å²) in [6, 6.07) is 11.0. The van der Waals surface area contributed by atoms with Crippen molar-refractivity contribution in [2.75, 3.05) is 37.5 Å². The van der Waals surface area contributed by atoms with Gasteiger partial charge in [-0.05, 0) is 61.4 Å². The summed E-state index contributed by atoms with van der Waals surface area (Å²) in [7, 11) is 1.59. The van der Waals surface area contributed by atoms with Gasteiger partial charge in [0.15, 0.2) is 5.78 Å². The van der Waals surface area contributed by atoms with Gasteiger partial charge in [-0.3, -0.25) is 14.4 Å². The van der Waals surface area contributed by atoms with Crippen LogP contribution in [0, 0.1) is 0 Å². The van der Waals surface area contributed by atoms with Gasteiger partial charge in [-0.15, -0.1) is 11.3 Å². The smallest absolute Gasteiger partial charge is 0.263 e. The van der Waals surface area contributed by atoms with E-state index in [1.807, 2.05) is 31.2 Å². The summed E-state index contributed by atoms with van der Waals surface area (Å²) in [5.41, 5.74) is 2.74. The molecule has 9 heteroatoms. The van der Waals surface area contributed by atoms with Crippen molar-refractivity contribution in [1.29, 1.82) is 0 Å². The molecule has 37 heavy (non-hydrogen) atoms. The molecule has 0 aliphatic carbocycles. The van der Waals surface area contributed by atoms with E-state index >= 15 is 0 Å². The number of hydrogen-bond acceptors (Lipinski definition) is 7. The third kappa shape index (κ3) is 6.25. The van der Waals surface area contributed by atoms with Crippen LogP contribution in [-0.4, -0.2) is 50.5 Å². The molecule has 0 saturated carbocycles. The fraction of sp³-hybridized carbons (Fsp3) is 0.250. The molecule has 1 aromatic heterocycles. The van der Waals surface area contributed by atoms with Crippen LogP contribution >= 0.6 is 11.3 Å². The maximum Gasteiger partial charge on any atom is 0.263 e. The van der Waals surface area contributed by atoms with Crippen molar-refractivity contribution < 1.29 is 23.9 Å². The molecular weight excluding hydrogens is 490 g/mol. The SMILES string of the molecule is C=CC(=O)Nc1cc(CC=CC(=O)c2ccc3sc4c(c3c2)NCC(C)NC4=O)ccc1OCCOC. The Kier molecular flexibility index (Phi) is 8.37. The number of allylic oxidation sites excluding steroid dienone is 2. The van der Waals surface area contributed by atoms with Gasteiger partial charge >= 0.3 is 0 Å². The Labute approximate surface area is 219 Å². The summed E-state index contributed by atoms with van der Waals surface area (Å²) in [6.45, 7) is 6.82. The number of benzene rings is 2. The Morgan fingerprint density at radius 3 is 2.84 bits per heavy atom. The first-order chi connectivity index (χ1) is 17.9. The zero-order valence-electron chi connectivity index (χ0n) is 20.8. The Morgan fingerprint density at radius 2 is 2.05 bits per heavy atom. The van der Waals surface area contributed by atoms with Gasteiger partial charge in [0.1, 0.15) is 17.2 Å². The number of rotatable bonds is 10. The van der Waals surface area contributed by atoms with Crippen LogP contribution in [0.4, 0.5) is 11.4 Å². The molecule has 1 unspecified atom stereocenters. The first-order valence-electron chi connectivity index (χ1n) is 11.9. The van der Waals surface area contributed by atoms with Crippen LogP contribution in [0.3, 0.4) is 0 Å². The van der Waals surface area contributed by atoms with Crippen molar-refractivity contribution in [1.82, 2.24) is 5.32 Å². The van der Waals surface area contributed by atoms with Gasteiger partial charge in [-0.25, -0.2) is 0 Å². The lowest BCUT2D eigenvalue weighted by molar-refractivity contribution is -0.111. The Bertz CT molecular complexity index is 1380. The normalized spacial score (nSPS) is 15.0. The molecule has 3 N–H and O–H groups in total. The molecule has 4 rings (SSSR count). The first-order valence-corrected chi connectivity index (χ1v) is 12.7. The lowest BCUT2D eigenvalue weighted by Gasteiger charge is -2.13. The Hall–Kier alpha value is -3.95. The van der Waals surface area contributed by atoms with Gasteiger partial charge in [0.25, 0.3) is 5.91 Å². The number of hydrogen-bond donors (Lipinski definition) is 3. The lowest BCUT2D eigenvalue weighted by Crippen LogP contribution is -2.34. The fourth-order valence-electron chi connectivity index (χ4n) is 3.93.